The molecule has 4 heterocycles. The van der Waals surface area contributed by atoms with Crippen LogP contribution < -0.4 is 0 Å². The van der Waals surface area contributed by atoms with Gasteiger partial charge in [-0.25, -0.2) is 13.2 Å². The maximum Gasteiger partial charge on any atom is 0.272 e. The Morgan fingerprint density at radius 2 is 1.75 bits per heavy atom. The van der Waals surface area contributed by atoms with Crippen molar-refractivity contribution < 1.29 is 22.8 Å². The van der Waals surface area contributed by atoms with E-state index in [0.717, 1.165) is 0 Å². The van der Waals surface area contributed by atoms with Crippen LogP contribution in [0.2, 0.25) is 10.0 Å². The maximum absolute atomic E-state index is 13.8. The minimum Gasteiger partial charge on any atom is -0.349 e. The Kier molecular flexibility index (Phi) is 5.34. The number of aromatic amines is 1. The fraction of sp³-hybridized carbons (Fsp3) is 0.524. The van der Waals surface area contributed by atoms with Gasteiger partial charge in [-0.2, -0.15) is 0 Å². The first-order valence-electron chi connectivity index (χ1n) is 10.5. The summed E-state index contributed by atoms with van der Waals surface area (Å²) in [6, 6.07) is 2.63. The Morgan fingerprint density at radius 1 is 1.03 bits per heavy atom. The molecule has 2 aromatic rings. The molecule has 1 unspecified atom stereocenters. The predicted octanol–water partition coefficient (Wildman–Crippen LogP) is 3.63. The third-order valence-corrected chi connectivity index (χ3v) is 7.44. The zero-order valence-corrected chi connectivity index (χ0v) is 18.5. The van der Waals surface area contributed by atoms with Crippen LogP contribution in [0.3, 0.4) is 0 Å². The molecule has 3 fully saturated rings. The van der Waals surface area contributed by atoms with Crippen molar-refractivity contribution in [3.05, 3.63) is 33.7 Å². The first kappa shape index (κ1) is 21.9. The number of aromatic nitrogens is 1. The van der Waals surface area contributed by atoms with Crippen LogP contribution in [0.25, 0.3) is 10.9 Å². The highest BCUT2D eigenvalue weighted by molar-refractivity contribution is 6.44. The zero-order valence-electron chi connectivity index (χ0n) is 17.0. The molecule has 1 N–H and O–H groups in total. The van der Waals surface area contributed by atoms with E-state index in [-0.39, 0.29) is 64.5 Å². The average Bonchev–Trinajstić information content (AvgIpc) is 3.47. The molecule has 11 heteroatoms. The predicted molar refractivity (Wildman–Crippen MR) is 114 cm³/mol. The van der Waals surface area contributed by atoms with Gasteiger partial charge in [0, 0.05) is 43.1 Å². The monoisotopic (exact) mass is 488 g/mol. The molecule has 0 saturated carbocycles. The normalized spacial score (nSPS) is 25.5. The second-order valence-electron chi connectivity index (χ2n) is 8.82. The van der Waals surface area contributed by atoms with Crippen LogP contribution in [-0.2, 0) is 4.79 Å². The molecule has 3 aliphatic rings. The summed E-state index contributed by atoms with van der Waals surface area (Å²) < 4.78 is 40.1. The molecule has 3 aliphatic heterocycles. The number of amides is 2. The number of halogens is 5. The van der Waals surface area contributed by atoms with E-state index in [1.165, 1.54) is 12.1 Å². The third-order valence-electron chi connectivity index (χ3n) is 6.69. The average molecular weight is 489 g/mol. The standard InChI is InChI=1S/C21H21Cl2F3N4O2/c22-16-13(24)1-2-14-15(16)17(23)18(27-14)20(32)28-5-3-11(7-28)19(31)29-6-4-12(8-29)30-9-21(25,26)10-30/h1-2,11-12,27H,3-10H2/t11-,12?/m0/s1. The number of benzene rings is 1. The molecule has 0 spiro atoms. The van der Waals surface area contributed by atoms with Crippen molar-refractivity contribution in [2.24, 2.45) is 5.92 Å². The van der Waals surface area contributed by atoms with Gasteiger partial charge in [0.05, 0.1) is 29.1 Å². The van der Waals surface area contributed by atoms with Crippen LogP contribution in [0.4, 0.5) is 13.2 Å². The van der Waals surface area contributed by atoms with Crippen LogP contribution in [0, 0.1) is 11.7 Å². The van der Waals surface area contributed by atoms with Crippen LogP contribution >= 0.6 is 23.2 Å². The highest BCUT2D eigenvalue weighted by Crippen LogP contribution is 2.36. The summed E-state index contributed by atoms with van der Waals surface area (Å²) >= 11 is 12.3. The minimum absolute atomic E-state index is 0.0342. The number of rotatable bonds is 3. The third kappa shape index (κ3) is 3.64. The molecule has 0 radical (unpaired) electrons. The highest BCUT2D eigenvalue weighted by Gasteiger charge is 2.48. The van der Waals surface area contributed by atoms with Crippen LogP contribution in [0.5, 0.6) is 0 Å². The van der Waals surface area contributed by atoms with E-state index in [9.17, 15) is 22.8 Å². The Labute approximate surface area is 192 Å². The Hall–Kier alpha value is -1.97. The number of likely N-dealkylation sites (tertiary alicyclic amines) is 3. The zero-order chi connectivity index (χ0) is 22.8. The fourth-order valence-electron chi connectivity index (χ4n) is 4.94. The molecule has 172 valence electrons. The summed E-state index contributed by atoms with van der Waals surface area (Å²) in [5.74, 6) is -4.02. The van der Waals surface area contributed by atoms with E-state index in [4.69, 9.17) is 23.2 Å². The molecule has 0 aliphatic carbocycles. The molecule has 32 heavy (non-hydrogen) atoms. The highest BCUT2D eigenvalue weighted by atomic mass is 35.5. The van der Waals surface area contributed by atoms with Crippen molar-refractivity contribution in [1.29, 1.82) is 0 Å². The molecule has 6 nitrogen and oxygen atoms in total. The van der Waals surface area contributed by atoms with Gasteiger partial charge in [-0.1, -0.05) is 23.2 Å². The summed E-state index contributed by atoms with van der Waals surface area (Å²) in [4.78, 5) is 33.9. The second kappa shape index (κ2) is 7.81. The number of alkyl halides is 2. The van der Waals surface area contributed by atoms with Crippen molar-refractivity contribution in [3.8, 4) is 0 Å². The number of hydrogen-bond acceptors (Lipinski definition) is 3. The quantitative estimate of drug-likeness (QED) is 0.717. The van der Waals surface area contributed by atoms with Gasteiger partial charge in [-0.15, -0.1) is 0 Å². The number of nitrogens with one attached hydrogen (secondary N) is 1. The lowest BCUT2D eigenvalue weighted by Crippen LogP contribution is -2.60. The Morgan fingerprint density at radius 3 is 2.47 bits per heavy atom. The van der Waals surface area contributed by atoms with E-state index >= 15 is 0 Å². The second-order valence-corrected chi connectivity index (χ2v) is 9.58. The number of carbonyl (C=O) groups is 2. The van der Waals surface area contributed by atoms with Crippen molar-refractivity contribution in [2.45, 2.75) is 24.8 Å². The SMILES string of the molecule is O=C(c1[nH]c2ccc(F)c(Cl)c2c1Cl)N1CC[C@H](C(=O)N2CCC(N3CC(F)(F)C3)C2)C1. The van der Waals surface area contributed by atoms with Gasteiger partial charge in [0.2, 0.25) is 5.91 Å². The largest absolute Gasteiger partial charge is 0.349 e. The smallest absolute Gasteiger partial charge is 0.272 e. The van der Waals surface area contributed by atoms with Gasteiger partial charge < -0.3 is 14.8 Å². The van der Waals surface area contributed by atoms with Crippen molar-refractivity contribution in [3.63, 3.8) is 0 Å². The number of hydrogen-bond donors (Lipinski definition) is 1. The summed E-state index contributed by atoms with van der Waals surface area (Å²) in [6.45, 7) is 1.12. The number of carbonyl (C=O) groups excluding carboxylic acids is 2. The van der Waals surface area contributed by atoms with E-state index in [2.05, 4.69) is 4.98 Å². The molecule has 3 saturated heterocycles. The molecular weight excluding hydrogens is 468 g/mol. The van der Waals surface area contributed by atoms with Crippen molar-refractivity contribution >= 4 is 45.9 Å². The Balaban J connectivity index is 1.23. The van der Waals surface area contributed by atoms with Gasteiger partial charge in [0.15, 0.2) is 0 Å². The van der Waals surface area contributed by atoms with Crippen LogP contribution in [-0.4, -0.2) is 82.7 Å². The van der Waals surface area contributed by atoms with E-state index in [1.807, 2.05) is 0 Å². The van der Waals surface area contributed by atoms with Gasteiger partial charge in [0.1, 0.15) is 11.5 Å². The van der Waals surface area contributed by atoms with Gasteiger partial charge >= 0.3 is 0 Å². The fourth-order valence-corrected chi connectivity index (χ4v) is 5.57. The lowest BCUT2D eigenvalue weighted by atomic mass is 10.1. The summed E-state index contributed by atoms with van der Waals surface area (Å²) in [5, 5.41) is 0.155. The van der Waals surface area contributed by atoms with Gasteiger partial charge in [0.25, 0.3) is 11.8 Å². The van der Waals surface area contributed by atoms with E-state index < -0.39 is 11.7 Å². The Bertz CT molecular complexity index is 1100. The van der Waals surface area contributed by atoms with Gasteiger partial charge in [-0.3, -0.25) is 14.5 Å². The van der Waals surface area contributed by atoms with Crippen LogP contribution in [0.15, 0.2) is 12.1 Å². The molecule has 1 aromatic carbocycles. The van der Waals surface area contributed by atoms with E-state index in [1.54, 1.807) is 14.7 Å². The summed E-state index contributed by atoms with van der Waals surface area (Å²) in [6.07, 6.45) is 1.19. The van der Waals surface area contributed by atoms with Crippen molar-refractivity contribution in [2.75, 3.05) is 39.3 Å². The molecule has 5 rings (SSSR count). The number of nitrogens with zero attached hydrogens (tertiary/aromatic N) is 3. The first-order chi connectivity index (χ1) is 15.1. The summed E-state index contributed by atoms with van der Waals surface area (Å²) in [7, 11) is 0. The number of H-pyrrole nitrogens is 1. The molecule has 0 bridgehead atoms. The molecule has 1 aromatic heterocycles. The van der Waals surface area contributed by atoms with Gasteiger partial charge in [-0.05, 0) is 25.0 Å². The molecular formula is C21H21Cl2F3N4O2. The van der Waals surface area contributed by atoms with E-state index in [0.29, 0.717) is 38.0 Å². The maximum atomic E-state index is 13.8. The van der Waals surface area contributed by atoms with Crippen molar-refractivity contribution in [1.82, 2.24) is 19.7 Å². The lowest BCUT2D eigenvalue weighted by Gasteiger charge is -2.42. The topological polar surface area (TPSA) is 59.7 Å². The lowest BCUT2D eigenvalue weighted by molar-refractivity contribution is -0.146. The van der Waals surface area contributed by atoms with Crippen LogP contribution in [0.1, 0.15) is 23.3 Å². The number of fused-ring (bicyclic) bond motifs is 1. The summed E-state index contributed by atoms with van der Waals surface area (Å²) in [5.41, 5.74) is 0.568. The minimum atomic E-state index is -2.62. The molecule has 2 amide bonds. The molecule has 2 atom stereocenters. The first-order valence-corrected chi connectivity index (χ1v) is 11.3.